The van der Waals surface area contributed by atoms with Gasteiger partial charge in [-0.05, 0) is 0 Å². The highest BCUT2D eigenvalue weighted by Gasteiger charge is 2.16. The Labute approximate surface area is 92.4 Å². The van der Waals surface area contributed by atoms with E-state index >= 15 is 0 Å². The number of nitrogens with zero attached hydrogens (tertiary/aromatic N) is 3. The van der Waals surface area contributed by atoms with Crippen LogP contribution in [0.2, 0.25) is 0 Å². The molecule has 8 nitrogen and oxygen atoms in total. The van der Waals surface area contributed by atoms with Crippen molar-refractivity contribution in [3.8, 4) is 0 Å². The molecule has 1 aliphatic heterocycles. The van der Waals surface area contributed by atoms with E-state index < -0.39 is 14.2 Å². The number of morpholine rings is 1. The molecule has 1 saturated heterocycles. The first kappa shape index (κ1) is 11.7. The third kappa shape index (κ3) is 2.66. The Morgan fingerprint density at radius 2 is 2.12 bits per heavy atom. The molecule has 9 heteroatoms. The Morgan fingerprint density at radius 3 is 2.69 bits per heavy atom. The van der Waals surface area contributed by atoms with E-state index in [-0.39, 0.29) is 0 Å². The number of aromatic amines is 1. The van der Waals surface area contributed by atoms with Gasteiger partial charge in [0.2, 0.25) is 0 Å². The maximum absolute atomic E-state index is 11.2. The summed E-state index contributed by atoms with van der Waals surface area (Å²) in [7, 11) is -2.50. The average Bonchev–Trinajstić information content (AvgIpc) is 2.61. The lowest BCUT2D eigenvalue weighted by atomic mass is 10.4. The number of hydrogen-bond acceptors (Lipinski definition) is 6. The standard InChI is InChI=1S/C7H13N4O4P/c12-7-8-6(9-11(7)16(13)14)5-10-1-3-15-4-2-10/h13-14H,1-5H2,(H,8,9,12). The molecule has 0 aliphatic carbocycles. The maximum atomic E-state index is 11.2. The molecule has 90 valence electrons. The van der Waals surface area contributed by atoms with Crippen LogP contribution in [0.3, 0.4) is 0 Å². The minimum atomic E-state index is -2.50. The quantitative estimate of drug-likeness (QED) is 0.560. The van der Waals surface area contributed by atoms with Crippen molar-refractivity contribution in [1.29, 1.82) is 0 Å². The highest BCUT2D eigenvalue weighted by molar-refractivity contribution is 7.43. The first-order chi connectivity index (χ1) is 7.66. The molecular formula is C7H13N4O4P. The zero-order valence-electron chi connectivity index (χ0n) is 8.54. The summed E-state index contributed by atoms with van der Waals surface area (Å²) in [5.41, 5.74) is -0.598. The van der Waals surface area contributed by atoms with Crippen LogP contribution in [-0.4, -0.2) is 55.5 Å². The molecule has 0 bridgehead atoms. The molecule has 2 rings (SSSR count). The summed E-state index contributed by atoms with van der Waals surface area (Å²) in [6.45, 7) is 3.37. The van der Waals surface area contributed by atoms with E-state index in [1.165, 1.54) is 0 Å². The molecule has 1 fully saturated rings. The zero-order valence-corrected chi connectivity index (χ0v) is 9.43. The Morgan fingerprint density at radius 1 is 1.44 bits per heavy atom. The van der Waals surface area contributed by atoms with Gasteiger partial charge in [-0.3, -0.25) is 9.88 Å². The van der Waals surface area contributed by atoms with Crippen molar-refractivity contribution in [2.45, 2.75) is 6.54 Å². The number of rotatable bonds is 3. The van der Waals surface area contributed by atoms with Crippen LogP contribution in [-0.2, 0) is 11.3 Å². The van der Waals surface area contributed by atoms with E-state index in [9.17, 15) is 4.79 Å². The highest BCUT2D eigenvalue weighted by Crippen LogP contribution is 2.21. The topological polar surface area (TPSA) is 104 Å². The largest absolute Gasteiger partial charge is 0.379 e. The van der Waals surface area contributed by atoms with Gasteiger partial charge < -0.3 is 14.5 Å². The first-order valence-electron chi connectivity index (χ1n) is 4.83. The fourth-order valence-electron chi connectivity index (χ4n) is 1.52. The first-order valence-corrected chi connectivity index (χ1v) is 6.03. The highest BCUT2D eigenvalue weighted by atomic mass is 31.2. The van der Waals surface area contributed by atoms with Crippen molar-refractivity contribution in [3.05, 3.63) is 16.3 Å². The SMILES string of the molecule is O=c1[nH]c(CN2CCOCC2)nn1P(O)O. The van der Waals surface area contributed by atoms with E-state index in [0.717, 1.165) is 13.1 Å². The van der Waals surface area contributed by atoms with Crippen LogP contribution in [0, 0.1) is 0 Å². The molecule has 3 N–H and O–H groups in total. The van der Waals surface area contributed by atoms with Crippen LogP contribution in [0.4, 0.5) is 0 Å². The molecule has 2 heterocycles. The van der Waals surface area contributed by atoms with Crippen molar-refractivity contribution < 1.29 is 14.5 Å². The second-order valence-electron chi connectivity index (χ2n) is 3.42. The molecule has 16 heavy (non-hydrogen) atoms. The molecular weight excluding hydrogens is 235 g/mol. The molecule has 0 saturated carbocycles. The van der Waals surface area contributed by atoms with Crippen molar-refractivity contribution in [2.24, 2.45) is 0 Å². The van der Waals surface area contributed by atoms with E-state index in [2.05, 4.69) is 15.0 Å². The number of H-pyrrole nitrogens is 1. The molecule has 1 aliphatic rings. The Hall–Kier alpha value is -0.790. The summed E-state index contributed by atoms with van der Waals surface area (Å²) < 4.78 is 5.85. The average molecular weight is 248 g/mol. The monoisotopic (exact) mass is 248 g/mol. The second-order valence-corrected chi connectivity index (χ2v) is 4.34. The minimum Gasteiger partial charge on any atom is -0.379 e. The van der Waals surface area contributed by atoms with Gasteiger partial charge in [0.25, 0.3) is 0 Å². The van der Waals surface area contributed by atoms with Gasteiger partial charge in [0, 0.05) is 13.1 Å². The summed E-state index contributed by atoms with van der Waals surface area (Å²) in [5.74, 6) is 0.433. The second kappa shape index (κ2) is 5.03. The van der Waals surface area contributed by atoms with Gasteiger partial charge in [-0.25, -0.2) is 4.79 Å². The Kier molecular flexibility index (Phi) is 3.67. The van der Waals surface area contributed by atoms with Gasteiger partial charge >= 0.3 is 14.2 Å². The predicted molar refractivity (Wildman–Crippen MR) is 55.7 cm³/mol. The third-order valence-electron chi connectivity index (χ3n) is 2.29. The lowest BCUT2D eigenvalue weighted by Gasteiger charge is -2.25. The van der Waals surface area contributed by atoms with Crippen LogP contribution >= 0.6 is 8.53 Å². The van der Waals surface area contributed by atoms with Crippen molar-refractivity contribution in [1.82, 2.24) is 19.4 Å². The number of nitrogens with one attached hydrogen (secondary N) is 1. The van der Waals surface area contributed by atoms with Gasteiger partial charge in [0.1, 0.15) is 5.82 Å². The van der Waals surface area contributed by atoms with Crippen molar-refractivity contribution in [3.63, 3.8) is 0 Å². The van der Waals surface area contributed by atoms with Gasteiger partial charge in [-0.1, -0.05) is 0 Å². The smallest absolute Gasteiger partial charge is 0.350 e. The summed E-state index contributed by atoms with van der Waals surface area (Å²) in [5, 5.41) is 3.80. The lowest BCUT2D eigenvalue weighted by molar-refractivity contribution is 0.0330. The normalized spacial score (nSPS) is 18.2. The summed E-state index contributed by atoms with van der Waals surface area (Å²) in [4.78, 5) is 33.6. The van der Waals surface area contributed by atoms with Crippen LogP contribution in [0.15, 0.2) is 4.79 Å². The molecule has 0 aromatic carbocycles. The molecule has 0 spiro atoms. The molecule has 0 amide bonds. The Balaban J connectivity index is 2.04. The number of hydrogen-bond donors (Lipinski definition) is 3. The molecule has 0 radical (unpaired) electrons. The summed E-state index contributed by atoms with van der Waals surface area (Å²) >= 11 is 0. The lowest BCUT2D eigenvalue weighted by Crippen LogP contribution is -2.36. The van der Waals surface area contributed by atoms with E-state index in [1.54, 1.807) is 0 Å². The number of aromatic nitrogens is 3. The predicted octanol–water partition coefficient (Wildman–Crippen LogP) is -1.54. The third-order valence-corrected chi connectivity index (χ3v) is 2.90. The fourth-order valence-corrected chi connectivity index (χ4v) is 1.92. The summed E-state index contributed by atoms with van der Waals surface area (Å²) in [6, 6.07) is 0. The van der Waals surface area contributed by atoms with Gasteiger partial charge in [-0.15, -0.1) is 9.55 Å². The molecule has 0 atom stereocenters. The van der Waals surface area contributed by atoms with Crippen LogP contribution < -0.4 is 5.69 Å². The summed E-state index contributed by atoms with van der Waals surface area (Å²) in [6.07, 6.45) is 0. The maximum Gasteiger partial charge on any atom is 0.350 e. The van der Waals surface area contributed by atoms with Crippen molar-refractivity contribution >= 4 is 8.53 Å². The van der Waals surface area contributed by atoms with Gasteiger partial charge in [-0.2, -0.15) is 0 Å². The van der Waals surface area contributed by atoms with Crippen LogP contribution in [0.25, 0.3) is 0 Å². The Bertz CT molecular complexity index is 397. The zero-order chi connectivity index (χ0) is 11.5. The molecule has 1 aromatic heterocycles. The van der Waals surface area contributed by atoms with Gasteiger partial charge in [0.05, 0.1) is 19.8 Å². The van der Waals surface area contributed by atoms with Gasteiger partial charge in [0.15, 0.2) is 0 Å². The number of ether oxygens (including phenoxy) is 1. The van der Waals surface area contributed by atoms with E-state index in [1.807, 2.05) is 0 Å². The molecule has 0 unspecified atom stereocenters. The fraction of sp³-hybridized carbons (Fsp3) is 0.714. The minimum absolute atomic E-state index is 0.433. The van der Waals surface area contributed by atoms with E-state index in [0.29, 0.717) is 30.0 Å². The van der Waals surface area contributed by atoms with Crippen LogP contribution in [0.5, 0.6) is 0 Å². The van der Waals surface area contributed by atoms with E-state index in [4.69, 9.17) is 14.5 Å². The van der Waals surface area contributed by atoms with Crippen molar-refractivity contribution in [2.75, 3.05) is 26.3 Å². The van der Waals surface area contributed by atoms with Crippen LogP contribution in [0.1, 0.15) is 5.82 Å². The molecule has 1 aromatic rings.